The average Bonchev–Trinajstić information content (AvgIpc) is 2.83. The van der Waals surface area contributed by atoms with Gasteiger partial charge in [-0.05, 0) is 60.8 Å². The minimum atomic E-state index is -0.309. The Balaban J connectivity index is 1.59. The maximum atomic E-state index is 13.6. The van der Waals surface area contributed by atoms with Gasteiger partial charge in [0.15, 0.2) is 0 Å². The highest BCUT2D eigenvalue weighted by atomic mass is 35.5. The summed E-state index contributed by atoms with van der Waals surface area (Å²) in [5, 5.41) is 6.54. The van der Waals surface area contributed by atoms with Crippen LogP contribution in [0.5, 0.6) is 0 Å². The Morgan fingerprint density at radius 1 is 0.943 bits per heavy atom. The minimum Gasteiger partial charge on any atom is -0.325 e. The van der Waals surface area contributed by atoms with E-state index in [1.807, 2.05) is 67.5 Å². The number of hydrogen-bond donors (Lipinski definition) is 1. The fourth-order valence-electron chi connectivity index (χ4n) is 4.57. The molecular formula is C28H24ClN3O3. The first-order valence-corrected chi connectivity index (χ1v) is 11.7. The molecule has 0 aromatic heterocycles. The summed E-state index contributed by atoms with van der Waals surface area (Å²) in [4.78, 5) is 42.9. The van der Waals surface area contributed by atoms with Gasteiger partial charge in [0, 0.05) is 40.1 Å². The number of amides is 3. The van der Waals surface area contributed by atoms with Crippen LogP contribution in [0.25, 0.3) is 21.5 Å². The van der Waals surface area contributed by atoms with E-state index in [-0.39, 0.29) is 24.1 Å². The molecule has 0 aliphatic carbocycles. The van der Waals surface area contributed by atoms with Crippen LogP contribution in [0.15, 0.2) is 66.7 Å². The zero-order chi connectivity index (χ0) is 24.7. The summed E-state index contributed by atoms with van der Waals surface area (Å²) in [7, 11) is 3.81. The van der Waals surface area contributed by atoms with Gasteiger partial charge in [-0.1, -0.05) is 48.0 Å². The van der Waals surface area contributed by atoms with Crippen LogP contribution in [0, 0.1) is 0 Å². The van der Waals surface area contributed by atoms with Crippen LogP contribution in [0.3, 0.4) is 0 Å². The largest absolute Gasteiger partial charge is 0.325 e. The molecule has 4 aromatic carbocycles. The molecule has 176 valence electrons. The summed E-state index contributed by atoms with van der Waals surface area (Å²) in [5.74, 6) is -0.756. The van der Waals surface area contributed by atoms with E-state index in [0.717, 1.165) is 16.3 Å². The number of nitrogens with zero attached hydrogens (tertiary/aromatic N) is 2. The van der Waals surface area contributed by atoms with Gasteiger partial charge in [-0.2, -0.15) is 0 Å². The number of anilines is 1. The van der Waals surface area contributed by atoms with Crippen LogP contribution in [-0.2, 0) is 11.2 Å². The maximum Gasteiger partial charge on any atom is 0.262 e. The van der Waals surface area contributed by atoms with Gasteiger partial charge in [0.2, 0.25) is 5.91 Å². The third kappa shape index (κ3) is 4.27. The lowest BCUT2D eigenvalue weighted by Crippen LogP contribution is -2.43. The summed E-state index contributed by atoms with van der Waals surface area (Å²) < 4.78 is 0. The van der Waals surface area contributed by atoms with Gasteiger partial charge in [0.25, 0.3) is 11.8 Å². The molecule has 0 saturated carbocycles. The molecule has 1 aliphatic heterocycles. The molecule has 0 fully saturated rings. The second-order valence-corrected chi connectivity index (χ2v) is 9.41. The summed E-state index contributed by atoms with van der Waals surface area (Å²) in [6.45, 7) is 0.869. The van der Waals surface area contributed by atoms with Crippen molar-refractivity contribution in [3.8, 4) is 0 Å². The Morgan fingerprint density at radius 3 is 2.43 bits per heavy atom. The van der Waals surface area contributed by atoms with Crippen LogP contribution in [0.1, 0.15) is 26.3 Å². The highest BCUT2D eigenvalue weighted by Crippen LogP contribution is 2.38. The summed E-state index contributed by atoms with van der Waals surface area (Å²) in [5.41, 5.74) is 2.49. The van der Waals surface area contributed by atoms with E-state index in [2.05, 4.69) is 5.32 Å². The van der Waals surface area contributed by atoms with Gasteiger partial charge in [0.1, 0.15) is 0 Å². The zero-order valence-electron chi connectivity index (χ0n) is 19.5. The second kappa shape index (κ2) is 9.13. The Hall–Kier alpha value is -3.74. The SMILES string of the molecule is CN(C)CCN1C(=O)c2cccc3cc4c(NC(=O)Cc5ccc(Cl)cc5)cccc4c(c23)C1=O. The van der Waals surface area contributed by atoms with Gasteiger partial charge in [-0.3, -0.25) is 19.3 Å². The molecule has 6 nitrogen and oxygen atoms in total. The predicted molar refractivity (Wildman–Crippen MR) is 139 cm³/mol. The summed E-state index contributed by atoms with van der Waals surface area (Å²) in [6, 6.07) is 20.1. The number of likely N-dealkylation sites (N-methyl/N-ethyl adjacent to an activating group) is 1. The molecule has 7 heteroatoms. The quantitative estimate of drug-likeness (QED) is 0.309. The first kappa shape index (κ1) is 23.0. The van der Waals surface area contributed by atoms with Crippen molar-refractivity contribution in [3.05, 3.63) is 88.4 Å². The molecule has 35 heavy (non-hydrogen) atoms. The van der Waals surface area contributed by atoms with Gasteiger partial charge < -0.3 is 10.2 Å². The molecule has 5 rings (SSSR count). The Bertz CT molecular complexity index is 1500. The van der Waals surface area contributed by atoms with E-state index >= 15 is 0 Å². The van der Waals surface area contributed by atoms with E-state index in [1.165, 1.54) is 4.90 Å². The first-order chi connectivity index (χ1) is 16.8. The van der Waals surface area contributed by atoms with Crippen molar-refractivity contribution in [1.82, 2.24) is 9.80 Å². The second-order valence-electron chi connectivity index (χ2n) is 8.97. The molecule has 3 amide bonds. The lowest BCUT2D eigenvalue weighted by atomic mass is 9.89. The molecule has 1 heterocycles. The zero-order valence-corrected chi connectivity index (χ0v) is 20.2. The Kier molecular flexibility index (Phi) is 6.01. The summed E-state index contributed by atoms with van der Waals surface area (Å²) in [6.07, 6.45) is 0.198. The summed E-state index contributed by atoms with van der Waals surface area (Å²) >= 11 is 5.95. The smallest absolute Gasteiger partial charge is 0.262 e. The molecule has 0 bridgehead atoms. The number of fused-ring (bicyclic) bond motifs is 2. The number of carbonyl (C=O) groups excluding carboxylic acids is 3. The Morgan fingerprint density at radius 2 is 1.69 bits per heavy atom. The standard InChI is InChI=1S/C28H24ClN3O3/c1-31(2)13-14-32-27(34)21-7-3-5-18-16-22-20(26(25(18)21)28(32)35)6-4-8-23(22)30-24(33)15-17-9-11-19(29)12-10-17/h3-12,16H,13-15H2,1-2H3,(H,30,33). The van der Waals surface area contributed by atoms with E-state index in [4.69, 9.17) is 11.6 Å². The van der Waals surface area contributed by atoms with E-state index in [9.17, 15) is 14.4 Å². The molecule has 1 N–H and O–H groups in total. The normalized spacial score (nSPS) is 13.2. The van der Waals surface area contributed by atoms with Crippen LogP contribution >= 0.6 is 11.6 Å². The van der Waals surface area contributed by atoms with Crippen LogP contribution in [0.4, 0.5) is 5.69 Å². The fourth-order valence-corrected chi connectivity index (χ4v) is 4.69. The van der Waals surface area contributed by atoms with E-state index < -0.39 is 0 Å². The number of nitrogens with one attached hydrogen (secondary N) is 1. The van der Waals surface area contributed by atoms with Gasteiger partial charge >= 0.3 is 0 Å². The van der Waals surface area contributed by atoms with Gasteiger partial charge in [0.05, 0.1) is 12.0 Å². The van der Waals surface area contributed by atoms with Crippen molar-refractivity contribution in [3.63, 3.8) is 0 Å². The van der Waals surface area contributed by atoms with Crippen molar-refractivity contribution < 1.29 is 14.4 Å². The third-order valence-corrected chi connectivity index (χ3v) is 6.53. The van der Waals surface area contributed by atoms with Crippen molar-refractivity contribution in [1.29, 1.82) is 0 Å². The fraction of sp³-hybridized carbons (Fsp3) is 0.179. The number of benzene rings is 4. The highest BCUT2D eigenvalue weighted by molar-refractivity contribution is 6.31. The molecular weight excluding hydrogens is 462 g/mol. The molecule has 0 atom stereocenters. The topological polar surface area (TPSA) is 69.7 Å². The predicted octanol–water partition coefficient (Wildman–Crippen LogP) is 4.99. The van der Waals surface area contributed by atoms with Crippen molar-refractivity contribution in [2.45, 2.75) is 6.42 Å². The monoisotopic (exact) mass is 485 g/mol. The highest BCUT2D eigenvalue weighted by Gasteiger charge is 2.34. The number of hydrogen-bond acceptors (Lipinski definition) is 4. The third-order valence-electron chi connectivity index (χ3n) is 6.28. The lowest BCUT2D eigenvalue weighted by Gasteiger charge is -2.29. The molecule has 0 unspecified atom stereocenters. The molecule has 0 spiro atoms. The van der Waals surface area contributed by atoms with Crippen molar-refractivity contribution in [2.24, 2.45) is 0 Å². The van der Waals surface area contributed by atoms with E-state index in [0.29, 0.717) is 45.7 Å². The molecule has 1 aliphatic rings. The van der Waals surface area contributed by atoms with Gasteiger partial charge in [-0.15, -0.1) is 0 Å². The van der Waals surface area contributed by atoms with Crippen molar-refractivity contribution >= 4 is 56.6 Å². The molecule has 0 saturated heterocycles. The number of imide groups is 1. The Labute approximate surface area is 208 Å². The van der Waals surface area contributed by atoms with E-state index in [1.54, 1.807) is 18.2 Å². The van der Waals surface area contributed by atoms with Crippen LogP contribution in [-0.4, -0.2) is 54.7 Å². The first-order valence-electron chi connectivity index (χ1n) is 11.4. The van der Waals surface area contributed by atoms with Crippen LogP contribution in [0.2, 0.25) is 5.02 Å². The maximum absolute atomic E-state index is 13.6. The molecule has 0 radical (unpaired) electrons. The lowest BCUT2D eigenvalue weighted by molar-refractivity contribution is -0.115. The van der Waals surface area contributed by atoms with Crippen LogP contribution < -0.4 is 5.32 Å². The number of halogens is 1. The number of carbonyl (C=O) groups is 3. The minimum absolute atomic E-state index is 0.170. The number of rotatable bonds is 6. The molecule has 4 aromatic rings. The average molecular weight is 486 g/mol. The van der Waals surface area contributed by atoms with Gasteiger partial charge in [-0.25, -0.2) is 0 Å². The van der Waals surface area contributed by atoms with Crippen molar-refractivity contribution in [2.75, 3.05) is 32.5 Å².